The maximum absolute atomic E-state index is 10.7. The van der Waals surface area contributed by atoms with E-state index in [9.17, 15) is 10.1 Å². The Balaban J connectivity index is 1.76. The molecule has 0 fully saturated rings. The van der Waals surface area contributed by atoms with Crippen molar-refractivity contribution >= 4 is 28.5 Å². The first-order valence-corrected chi connectivity index (χ1v) is 7.31. The van der Waals surface area contributed by atoms with Gasteiger partial charge in [0.25, 0.3) is 5.69 Å². The minimum atomic E-state index is -0.459. The van der Waals surface area contributed by atoms with Crippen molar-refractivity contribution in [1.29, 1.82) is 5.26 Å². The highest BCUT2D eigenvalue weighted by Crippen LogP contribution is 2.26. The monoisotopic (exact) mass is 311 g/mol. The van der Waals surface area contributed by atoms with Gasteiger partial charge in [0.1, 0.15) is 5.52 Å². The summed E-state index contributed by atoms with van der Waals surface area (Å²) in [5.74, 6) is 1.01. The number of rotatable bonds is 4. The van der Waals surface area contributed by atoms with E-state index in [4.69, 9.17) is 9.68 Å². The summed E-state index contributed by atoms with van der Waals surface area (Å²) in [5, 5.41) is 19.5. The lowest BCUT2D eigenvalue weighted by atomic mass is 10.2. The molecule has 2 aromatic carbocycles. The summed E-state index contributed by atoms with van der Waals surface area (Å²) >= 11 is 1.52. The highest BCUT2D eigenvalue weighted by atomic mass is 32.2. The zero-order valence-corrected chi connectivity index (χ0v) is 12.0. The average Bonchev–Trinajstić information content (AvgIpc) is 2.95. The standard InChI is InChI=1S/C15H9N3O3S/c16-8-10-1-4-12(5-2-10)22-9-15-17-13-7-11(18(19)20)3-6-14(13)21-15/h1-7H,9H2. The summed E-state index contributed by atoms with van der Waals surface area (Å²) < 4.78 is 5.56. The van der Waals surface area contributed by atoms with E-state index in [1.165, 1.54) is 23.9 Å². The van der Waals surface area contributed by atoms with Crippen molar-refractivity contribution in [1.82, 2.24) is 4.98 Å². The van der Waals surface area contributed by atoms with Gasteiger partial charge in [0, 0.05) is 17.0 Å². The van der Waals surface area contributed by atoms with E-state index in [0.717, 1.165) is 4.90 Å². The van der Waals surface area contributed by atoms with Gasteiger partial charge in [-0.15, -0.1) is 11.8 Å². The lowest BCUT2D eigenvalue weighted by molar-refractivity contribution is -0.384. The van der Waals surface area contributed by atoms with Gasteiger partial charge in [-0.05, 0) is 30.3 Å². The van der Waals surface area contributed by atoms with Gasteiger partial charge in [0.15, 0.2) is 5.58 Å². The van der Waals surface area contributed by atoms with Crippen LogP contribution in [0.15, 0.2) is 51.8 Å². The van der Waals surface area contributed by atoms with Crippen LogP contribution in [0, 0.1) is 21.4 Å². The molecule has 0 bridgehead atoms. The fourth-order valence-electron chi connectivity index (χ4n) is 1.91. The molecule has 3 rings (SSSR count). The van der Waals surface area contributed by atoms with Gasteiger partial charge in [-0.1, -0.05) is 0 Å². The zero-order chi connectivity index (χ0) is 15.5. The van der Waals surface area contributed by atoms with Gasteiger partial charge in [-0.25, -0.2) is 4.98 Å². The third-order valence-corrected chi connectivity index (χ3v) is 3.97. The lowest BCUT2D eigenvalue weighted by Gasteiger charge is -1.98. The number of hydrogen-bond acceptors (Lipinski definition) is 6. The number of fused-ring (bicyclic) bond motifs is 1. The molecule has 0 spiro atoms. The summed E-state index contributed by atoms with van der Waals surface area (Å²) in [6, 6.07) is 13.6. The fourth-order valence-corrected chi connectivity index (χ4v) is 2.65. The molecule has 0 aliphatic rings. The molecule has 0 aliphatic carbocycles. The predicted molar refractivity (Wildman–Crippen MR) is 81.4 cm³/mol. The van der Waals surface area contributed by atoms with Crippen LogP contribution in [-0.2, 0) is 5.75 Å². The Labute approximate surface area is 129 Å². The van der Waals surface area contributed by atoms with E-state index >= 15 is 0 Å². The summed E-state index contributed by atoms with van der Waals surface area (Å²) in [5.41, 5.74) is 1.61. The number of nitro groups is 1. The third kappa shape index (κ3) is 2.92. The maximum Gasteiger partial charge on any atom is 0.271 e. The Morgan fingerprint density at radius 1 is 1.27 bits per heavy atom. The molecule has 0 aliphatic heterocycles. The molecule has 6 nitrogen and oxygen atoms in total. The van der Waals surface area contributed by atoms with E-state index < -0.39 is 4.92 Å². The quantitative estimate of drug-likeness (QED) is 0.412. The van der Waals surface area contributed by atoms with Crippen LogP contribution in [0.4, 0.5) is 5.69 Å². The van der Waals surface area contributed by atoms with Gasteiger partial charge in [-0.2, -0.15) is 5.26 Å². The molecule has 0 saturated carbocycles. The van der Waals surface area contributed by atoms with Crippen molar-refractivity contribution in [2.24, 2.45) is 0 Å². The highest BCUT2D eigenvalue weighted by Gasteiger charge is 2.11. The predicted octanol–water partition coefficient (Wildman–Crippen LogP) is 3.90. The number of nitro benzene ring substituents is 1. The maximum atomic E-state index is 10.7. The molecule has 0 unspecified atom stereocenters. The molecule has 0 amide bonds. The van der Waals surface area contributed by atoms with Crippen molar-refractivity contribution < 1.29 is 9.34 Å². The number of hydrogen-bond donors (Lipinski definition) is 0. The van der Waals surface area contributed by atoms with Crippen molar-refractivity contribution in [2.45, 2.75) is 10.6 Å². The van der Waals surface area contributed by atoms with Crippen LogP contribution in [0.1, 0.15) is 11.5 Å². The number of nitriles is 1. The molecule has 1 heterocycles. The van der Waals surface area contributed by atoms with Gasteiger partial charge in [0.05, 0.1) is 22.3 Å². The molecular weight excluding hydrogens is 302 g/mol. The van der Waals surface area contributed by atoms with E-state index in [1.807, 2.05) is 12.1 Å². The second kappa shape index (κ2) is 5.87. The Morgan fingerprint density at radius 2 is 2.05 bits per heavy atom. The van der Waals surface area contributed by atoms with E-state index in [2.05, 4.69) is 11.1 Å². The first-order valence-electron chi connectivity index (χ1n) is 6.32. The summed E-state index contributed by atoms with van der Waals surface area (Å²) in [4.78, 5) is 15.5. The van der Waals surface area contributed by atoms with E-state index in [0.29, 0.717) is 28.3 Å². The minimum Gasteiger partial charge on any atom is -0.440 e. The summed E-state index contributed by atoms with van der Waals surface area (Å²) in [6.07, 6.45) is 0. The SMILES string of the molecule is N#Cc1ccc(SCc2nc3cc([N+](=O)[O-])ccc3o2)cc1. The van der Waals surface area contributed by atoms with Crippen LogP contribution >= 0.6 is 11.8 Å². The molecule has 0 saturated heterocycles. The first kappa shape index (κ1) is 14.1. The highest BCUT2D eigenvalue weighted by molar-refractivity contribution is 7.98. The molecule has 22 heavy (non-hydrogen) atoms. The lowest BCUT2D eigenvalue weighted by Crippen LogP contribution is -1.86. The molecule has 3 aromatic rings. The summed E-state index contributed by atoms with van der Waals surface area (Å²) in [6.45, 7) is 0. The molecular formula is C15H9N3O3S. The van der Waals surface area contributed by atoms with Crippen LogP contribution in [-0.4, -0.2) is 9.91 Å². The number of aromatic nitrogens is 1. The Kier molecular flexibility index (Phi) is 3.76. The summed E-state index contributed by atoms with van der Waals surface area (Å²) in [7, 11) is 0. The smallest absolute Gasteiger partial charge is 0.271 e. The van der Waals surface area contributed by atoms with Gasteiger partial charge in [0.2, 0.25) is 5.89 Å². The number of nitrogens with zero attached hydrogens (tertiary/aromatic N) is 3. The van der Waals surface area contributed by atoms with Crippen LogP contribution in [0.5, 0.6) is 0 Å². The topological polar surface area (TPSA) is 93.0 Å². The van der Waals surface area contributed by atoms with Crippen molar-refractivity contribution in [2.75, 3.05) is 0 Å². The zero-order valence-electron chi connectivity index (χ0n) is 11.2. The van der Waals surface area contributed by atoms with Crippen molar-refractivity contribution in [3.05, 3.63) is 64.0 Å². The Bertz CT molecular complexity index is 881. The average molecular weight is 311 g/mol. The van der Waals surface area contributed by atoms with Gasteiger partial charge < -0.3 is 4.42 Å². The number of thioether (sulfide) groups is 1. The van der Waals surface area contributed by atoms with E-state index in [-0.39, 0.29) is 5.69 Å². The number of benzene rings is 2. The molecule has 0 atom stereocenters. The largest absolute Gasteiger partial charge is 0.440 e. The molecule has 0 N–H and O–H groups in total. The fraction of sp³-hybridized carbons (Fsp3) is 0.0667. The van der Waals surface area contributed by atoms with Gasteiger partial charge >= 0.3 is 0 Å². The van der Waals surface area contributed by atoms with Gasteiger partial charge in [-0.3, -0.25) is 10.1 Å². The second-order valence-corrected chi connectivity index (χ2v) is 5.49. The van der Waals surface area contributed by atoms with Crippen LogP contribution in [0.25, 0.3) is 11.1 Å². The Morgan fingerprint density at radius 3 is 2.73 bits per heavy atom. The molecule has 108 valence electrons. The van der Waals surface area contributed by atoms with Crippen molar-refractivity contribution in [3.8, 4) is 6.07 Å². The van der Waals surface area contributed by atoms with Crippen molar-refractivity contribution in [3.63, 3.8) is 0 Å². The minimum absolute atomic E-state index is 0.00732. The first-order chi connectivity index (χ1) is 10.7. The molecule has 0 radical (unpaired) electrons. The second-order valence-electron chi connectivity index (χ2n) is 4.44. The normalized spacial score (nSPS) is 10.5. The van der Waals surface area contributed by atoms with Crippen LogP contribution in [0.3, 0.4) is 0 Å². The third-order valence-electron chi connectivity index (χ3n) is 2.97. The Hall–Kier alpha value is -2.85. The number of oxazole rings is 1. The van der Waals surface area contributed by atoms with Crippen LogP contribution < -0.4 is 0 Å². The molecule has 1 aromatic heterocycles. The molecule has 7 heteroatoms. The van der Waals surface area contributed by atoms with E-state index in [1.54, 1.807) is 18.2 Å². The number of non-ortho nitro benzene ring substituents is 1. The van der Waals surface area contributed by atoms with Crippen LogP contribution in [0.2, 0.25) is 0 Å².